The summed E-state index contributed by atoms with van der Waals surface area (Å²) in [4.78, 5) is 23.8. The molecule has 1 heterocycles. The Bertz CT molecular complexity index is 848. The summed E-state index contributed by atoms with van der Waals surface area (Å²) >= 11 is 0. The fraction of sp³-hybridized carbons (Fsp3) is 0.353. The van der Waals surface area contributed by atoms with Crippen LogP contribution in [0.5, 0.6) is 0 Å². The van der Waals surface area contributed by atoms with E-state index in [0.29, 0.717) is 19.3 Å². The predicted octanol–water partition coefficient (Wildman–Crippen LogP) is 1.27. The summed E-state index contributed by atoms with van der Waals surface area (Å²) in [6.07, 6.45) is 1.75. The average Bonchev–Trinajstić information content (AvgIpc) is 2.51. The molecule has 1 unspecified atom stereocenters. The standard InChI is InChI=1S/C17H17F2N3O2/c1-22-17(24)8-11-6-13(4-5-15(11)21-22)20-16(23)7-10-2-3-12(18)9-14(10)19/h2-3,8-9,13H,4-7H2,1H3,(H,20,23). The third kappa shape index (κ3) is 3.50. The van der Waals surface area contributed by atoms with Crippen LogP contribution in [0.25, 0.3) is 0 Å². The molecule has 0 aliphatic heterocycles. The highest BCUT2D eigenvalue weighted by Gasteiger charge is 2.22. The Morgan fingerprint density at radius 2 is 2.17 bits per heavy atom. The number of carbonyl (C=O) groups excluding carboxylic acids is 1. The lowest BCUT2D eigenvalue weighted by Gasteiger charge is -2.25. The Balaban J connectivity index is 1.65. The molecule has 1 amide bonds. The number of hydrogen-bond acceptors (Lipinski definition) is 3. The molecule has 1 N–H and O–H groups in total. The van der Waals surface area contributed by atoms with Gasteiger partial charge in [-0.3, -0.25) is 9.59 Å². The minimum absolute atomic E-state index is 0.123. The van der Waals surface area contributed by atoms with E-state index in [4.69, 9.17) is 0 Å². The number of fused-ring (bicyclic) bond motifs is 1. The summed E-state index contributed by atoms with van der Waals surface area (Å²) in [6.45, 7) is 0. The summed E-state index contributed by atoms with van der Waals surface area (Å²) in [5, 5.41) is 7.07. The van der Waals surface area contributed by atoms with Gasteiger partial charge in [0.1, 0.15) is 11.6 Å². The van der Waals surface area contributed by atoms with E-state index in [0.717, 1.165) is 23.4 Å². The molecule has 0 spiro atoms. The van der Waals surface area contributed by atoms with Crippen molar-refractivity contribution in [2.45, 2.75) is 31.7 Å². The summed E-state index contributed by atoms with van der Waals surface area (Å²) in [5.41, 5.74) is 1.67. The second kappa shape index (κ2) is 6.51. The first-order valence-corrected chi connectivity index (χ1v) is 7.72. The molecule has 1 atom stereocenters. The molecular formula is C17H17F2N3O2. The van der Waals surface area contributed by atoms with Crippen molar-refractivity contribution in [1.82, 2.24) is 15.1 Å². The van der Waals surface area contributed by atoms with Crippen molar-refractivity contribution in [2.24, 2.45) is 7.05 Å². The van der Waals surface area contributed by atoms with Gasteiger partial charge in [0.2, 0.25) is 5.91 Å². The molecule has 1 aliphatic carbocycles. The minimum atomic E-state index is -0.730. The van der Waals surface area contributed by atoms with E-state index in [2.05, 4.69) is 10.4 Å². The van der Waals surface area contributed by atoms with Gasteiger partial charge in [-0.25, -0.2) is 13.5 Å². The van der Waals surface area contributed by atoms with Crippen LogP contribution in [0, 0.1) is 11.6 Å². The number of halogens is 2. The third-order valence-corrected chi connectivity index (χ3v) is 4.19. The molecule has 1 aromatic carbocycles. The van der Waals surface area contributed by atoms with Crippen LogP contribution in [-0.4, -0.2) is 21.7 Å². The molecule has 126 valence electrons. The zero-order valence-corrected chi connectivity index (χ0v) is 13.2. The van der Waals surface area contributed by atoms with Crippen LogP contribution in [0.3, 0.4) is 0 Å². The van der Waals surface area contributed by atoms with Gasteiger partial charge in [0.15, 0.2) is 0 Å². The van der Waals surface area contributed by atoms with Gasteiger partial charge in [0.25, 0.3) is 5.56 Å². The quantitative estimate of drug-likeness (QED) is 0.920. The summed E-state index contributed by atoms with van der Waals surface area (Å²) in [5.74, 6) is -1.73. The van der Waals surface area contributed by atoms with Crippen LogP contribution in [-0.2, 0) is 31.1 Å². The third-order valence-electron chi connectivity index (χ3n) is 4.19. The van der Waals surface area contributed by atoms with Gasteiger partial charge < -0.3 is 5.32 Å². The van der Waals surface area contributed by atoms with Gasteiger partial charge in [-0.05, 0) is 36.5 Å². The van der Waals surface area contributed by atoms with Crippen LogP contribution < -0.4 is 10.9 Å². The number of rotatable bonds is 3. The first-order valence-electron chi connectivity index (χ1n) is 7.72. The maximum atomic E-state index is 13.6. The van der Waals surface area contributed by atoms with Gasteiger partial charge in [-0.2, -0.15) is 5.10 Å². The maximum absolute atomic E-state index is 13.6. The minimum Gasteiger partial charge on any atom is -0.353 e. The van der Waals surface area contributed by atoms with Gasteiger partial charge >= 0.3 is 0 Å². The number of nitrogens with one attached hydrogen (secondary N) is 1. The summed E-state index contributed by atoms with van der Waals surface area (Å²) in [6, 6.07) is 4.58. The largest absolute Gasteiger partial charge is 0.353 e. The Labute approximate surface area is 137 Å². The van der Waals surface area contributed by atoms with E-state index in [1.165, 1.54) is 10.7 Å². The lowest BCUT2D eigenvalue weighted by Crippen LogP contribution is -2.40. The molecular weight excluding hydrogens is 316 g/mol. The lowest BCUT2D eigenvalue weighted by molar-refractivity contribution is -0.121. The second-order valence-electron chi connectivity index (χ2n) is 6.00. The Kier molecular flexibility index (Phi) is 4.42. The highest BCUT2D eigenvalue weighted by Crippen LogP contribution is 2.18. The van der Waals surface area contributed by atoms with Crippen molar-refractivity contribution >= 4 is 5.91 Å². The van der Waals surface area contributed by atoms with Crippen LogP contribution in [0.15, 0.2) is 29.1 Å². The zero-order valence-electron chi connectivity index (χ0n) is 13.2. The van der Waals surface area contributed by atoms with Gasteiger partial charge in [0, 0.05) is 25.2 Å². The number of amides is 1. The fourth-order valence-electron chi connectivity index (χ4n) is 2.93. The Morgan fingerprint density at radius 3 is 2.92 bits per heavy atom. The van der Waals surface area contributed by atoms with Crippen LogP contribution in [0.1, 0.15) is 23.2 Å². The summed E-state index contributed by atoms with van der Waals surface area (Å²) in [7, 11) is 1.60. The Morgan fingerprint density at radius 1 is 1.38 bits per heavy atom. The SMILES string of the molecule is Cn1nc2c(cc1=O)CC(NC(=O)Cc1ccc(F)cc1F)CC2. The predicted molar refractivity (Wildman–Crippen MR) is 83.5 cm³/mol. The van der Waals surface area contributed by atoms with E-state index in [1.807, 2.05) is 0 Å². The van der Waals surface area contributed by atoms with Crippen LogP contribution in [0.2, 0.25) is 0 Å². The van der Waals surface area contributed by atoms with E-state index in [9.17, 15) is 18.4 Å². The maximum Gasteiger partial charge on any atom is 0.266 e. The molecule has 1 aliphatic rings. The highest BCUT2D eigenvalue weighted by molar-refractivity contribution is 5.79. The smallest absolute Gasteiger partial charge is 0.266 e. The molecule has 0 radical (unpaired) electrons. The molecule has 0 fully saturated rings. The molecule has 3 rings (SSSR count). The fourth-order valence-corrected chi connectivity index (χ4v) is 2.93. The van der Waals surface area contributed by atoms with Gasteiger partial charge in [0.05, 0.1) is 12.1 Å². The van der Waals surface area contributed by atoms with Gasteiger partial charge in [-0.1, -0.05) is 6.07 Å². The molecule has 2 aromatic rings. The van der Waals surface area contributed by atoms with Crippen molar-refractivity contribution in [1.29, 1.82) is 0 Å². The Hall–Kier alpha value is -2.57. The van der Waals surface area contributed by atoms with E-state index in [-0.39, 0.29) is 29.5 Å². The number of benzene rings is 1. The molecule has 5 nitrogen and oxygen atoms in total. The van der Waals surface area contributed by atoms with E-state index >= 15 is 0 Å². The molecule has 0 saturated carbocycles. The van der Waals surface area contributed by atoms with Crippen molar-refractivity contribution in [2.75, 3.05) is 0 Å². The van der Waals surface area contributed by atoms with Gasteiger partial charge in [-0.15, -0.1) is 0 Å². The van der Waals surface area contributed by atoms with Crippen molar-refractivity contribution in [3.63, 3.8) is 0 Å². The molecule has 0 saturated heterocycles. The number of nitrogens with zero attached hydrogens (tertiary/aromatic N) is 2. The first-order chi connectivity index (χ1) is 11.4. The topological polar surface area (TPSA) is 64.0 Å². The number of aryl methyl sites for hydroxylation is 2. The molecule has 1 aromatic heterocycles. The highest BCUT2D eigenvalue weighted by atomic mass is 19.1. The number of hydrogen-bond donors (Lipinski definition) is 1. The first kappa shape index (κ1) is 16.3. The lowest BCUT2D eigenvalue weighted by atomic mass is 9.92. The van der Waals surface area contributed by atoms with E-state index in [1.54, 1.807) is 13.1 Å². The van der Waals surface area contributed by atoms with Crippen molar-refractivity contribution in [3.05, 3.63) is 63.1 Å². The van der Waals surface area contributed by atoms with Crippen molar-refractivity contribution in [3.8, 4) is 0 Å². The monoisotopic (exact) mass is 333 g/mol. The second-order valence-corrected chi connectivity index (χ2v) is 6.00. The van der Waals surface area contributed by atoms with Crippen LogP contribution >= 0.6 is 0 Å². The normalized spacial score (nSPS) is 16.5. The van der Waals surface area contributed by atoms with Crippen LogP contribution in [0.4, 0.5) is 8.78 Å². The van der Waals surface area contributed by atoms with Crippen molar-refractivity contribution < 1.29 is 13.6 Å². The summed E-state index contributed by atoms with van der Waals surface area (Å²) < 4.78 is 27.8. The average molecular weight is 333 g/mol. The molecule has 0 bridgehead atoms. The number of aromatic nitrogens is 2. The van der Waals surface area contributed by atoms with E-state index < -0.39 is 11.6 Å². The number of carbonyl (C=O) groups is 1. The molecule has 7 heteroatoms. The molecule has 24 heavy (non-hydrogen) atoms. The zero-order chi connectivity index (χ0) is 17.3.